The van der Waals surface area contributed by atoms with Gasteiger partial charge in [-0.3, -0.25) is 4.57 Å². The van der Waals surface area contributed by atoms with E-state index in [-0.39, 0.29) is 17.1 Å². The van der Waals surface area contributed by atoms with Crippen LogP contribution in [-0.2, 0) is 5.54 Å². The molecule has 4 fully saturated rings. The Labute approximate surface area is 198 Å². The van der Waals surface area contributed by atoms with Crippen molar-refractivity contribution in [3.8, 4) is 5.82 Å². The van der Waals surface area contributed by atoms with Crippen molar-refractivity contribution in [2.45, 2.75) is 56.1 Å². The van der Waals surface area contributed by atoms with Crippen LogP contribution in [0.5, 0.6) is 0 Å². The van der Waals surface area contributed by atoms with Crippen molar-refractivity contribution in [3.05, 3.63) is 83.8 Å². The molecule has 1 N–H and O–H groups in total. The van der Waals surface area contributed by atoms with Gasteiger partial charge in [0.2, 0.25) is 5.95 Å². The topological polar surface area (TPSA) is 80.9 Å². The molecule has 34 heavy (non-hydrogen) atoms. The zero-order valence-corrected chi connectivity index (χ0v) is 19.2. The highest BCUT2D eigenvalue weighted by Gasteiger charge is 2.76. The number of anilines is 1. The Bertz CT molecular complexity index is 1420. The van der Waals surface area contributed by atoms with Crippen LogP contribution in [0.3, 0.4) is 0 Å². The summed E-state index contributed by atoms with van der Waals surface area (Å²) >= 11 is 0. The minimum atomic E-state index is -0.252. The lowest BCUT2D eigenvalue weighted by Crippen LogP contribution is -2.58. The summed E-state index contributed by atoms with van der Waals surface area (Å²) in [5.41, 5.74) is 15.2. The smallest absolute Gasteiger partial charge is 0.225 e. The van der Waals surface area contributed by atoms with Gasteiger partial charge in [0.05, 0.1) is 23.5 Å². The maximum Gasteiger partial charge on any atom is 0.225 e. The maximum absolute atomic E-state index is 11.1. The average Bonchev–Trinajstić information content (AvgIpc) is 3.60. The summed E-state index contributed by atoms with van der Waals surface area (Å²) in [5, 5.41) is 3.41. The molecule has 3 unspecified atom stereocenters. The van der Waals surface area contributed by atoms with Gasteiger partial charge in [0.15, 0.2) is 11.1 Å². The first-order chi connectivity index (χ1) is 16.6. The zero-order chi connectivity index (χ0) is 22.9. The Hall–Kier alpha value is -3.61. The van der Waals surface area contributed by atoms with Gasteiger partial charge in [-0.2, -0.15) is 4.98 Å². The van der Waals surface area contributed by atoms with Crippen LogP contribution in [0.1, 0.15) is 56.2 Å². The molecule has 4 atom stereocenters. The van der Waals surface area contributed by atoms with E-state index in [2.05, 4.69) is 52.5 Å². The number of hydrogen-bond donors (Lipinski definition) is 1. The molecule has 2 aliphatic carbocycles. The average molecular weight is 450 g/mol. The number of nitrogens with zero attached hydrogens (tertiary/aromatic N) is 6. The molecule has 4 aromatic rings. The van der Waals surface area contributed by atoms with Crippen LogP contribution in [0.4, 0.5) is 5.95 Å². The second kappa shape index (κ2) is 6.95. The minimum Gasteiger partial charge on any atom is -0.505 e. The third-order valence-corrected chi connectivity index (χ3v) is 8.55. The molecule has 2 bridgehead atoms. The predicted octanol–water partition coefficient (Wildman–Crippen LogP) is 5.56. The van der Waals surface area contributed by atoms with Gasteiger partial charge >= 0.3 is 0 Å². The van der Waals surface area contributed by atoms with Crippen molar-refractivity contribution in [2.75, 3.05) is 5.32 Å². The molecule has 0 radical (unpaired) electrons. The van der Waals surface area contributed by atoms with Crippen LogP contribution in [0.15, 0.2) is 67.1 Å². The van der Waals surface area contributed by atoms with Crippen molar-refractivity contribution in [3.63, 3.8) is 0 Å². The normalized spacial score (nSPS) is 28.0. The molecular weight excluding hydrogens is 422 g/mol. The lowest BCUT2D eigenvalue weighted by molar-refractivity contribution is -0.749. The highest BCUT2D eigenvalue weighted by Crippen LogP contribution is 2.68. The highest BCUT2D eigenvalue weighted by atomic mass is 15.4. The molecule has 0 amide bonds. The lowest BCUT2D eigenvalue weighted by Gasteiger charge is -2.47. The summed E-state index contributed by atoms with van der Waals surface area (Å²) in [7, 11) is 0. The Morgan fingerprint density at radius 3 is 2.85 bits per heavy atom. The molecule has 8 rings (SSSR count). The van der Waals surface area contributed by atoms with Crippen molar-refractivity contribution in [1.82, 2.24) is 19.5 Å². The Kier molecular flexibility index (Phi) is 4.05. The summed E-state index contributed by atoms with van der Waals surface area (Å²) in [6.07, 6.45) is 9.28. The molecule has 1 spiro atoms. The second-order valence-electron chi connectivity index (χ2n) is 10.3. The van der Waals surface area contributed by atoms with E-state index in [4.69, 9.17) is 4.98 Å². The number of hydrogen-bond acceptors (Lipinski definition) is 4. The number of fused-ring (bicyclic) bond motifs is 1. The van der Waals surface area contributed by atoms with Crippen molar-refractivity contribution >= 4 is 17.0 Å². The number of rotatable bonds is 5. The molecular formula is C27H27N7. The molecule has 2 saturated heterocycles. The first-order valence-electron chi connectivity index (χ1n) is 12.2. The number of benzene rings is 2. The quantitative estimate of drug-likeness (QED) is 0.404. The third-order valence-electron chi connectivity index (χ3n) is 8.55. The molecule has 7 heteroatoms. The Morgan fingerprint density at radius 1 is 1.15 bits per heavy atom. The van der Waals surface area contributed by atoms with Gasteiger partial charge in [-0.1, -0.05) is 30.3 Å². The van der Waals surface area contributed by atoms with Crippen molar-refractivity contribution < 1.29 is 4.70 Å². The van der Waals surface area contributed by atoms with Gasteiger partial charge in [-0.25, -0.2) is 9.97 Å². The van der Waals surface area contributed by atoms with E-state index in [1.54, 1.807) is 10.9 Å². The van der Waals surface area contributed by atoms with Crippen LogP contribution in [0, 0.1) is 5.92 Å². The molecule has 2 aromatic heterocycles. The molecule has 2 aliphatic heterocycles. The van der Waals surface area contributed by atoms with Crippen molar-refractivity contribution in [1.29, 1.82) is 0 Å². The Balaban J connectivity index is 1.22. The summed E-state index contributed by atoms with van der Waals surface area (Å²) in [4.78, 5) is 13.8. The van der Waals surface area contributed by atoms with E-state index in [1.165, 1.54) is 24.0 Å². The molecule has 2 aromatic carbocycles. The fourth-order valence-electron chi connectivity index (χ4n) is 6.88. The first-order valence-corrected chi connectivity index (χ1v) is 12.2. The van der Waals surface area contributed by atoms with E-state index >= 15 is 0 Å². The van der Waals surface area contributed by atoms with E-state index in [9.17, 15) is 5.53 Å². The molecule has 4 heterocycles. The van der Waals surface area contributed by atoms with E-state index in [1.807, 2.05) is 35.2 Å². The Morgan fingerprint density at radius 2 is 2.03 bits per heavy atom. The molecule has 170 valence electrons. The van der Waals surface area contributed by atoms with Gasteiger partial charge < -0.3 is 15.5 Å². The van der Waals surface area contributed by atoms with Gasteiger partial charge in [0.25, 0.3) is 0 Å². The van der Waals surface area contributed by atoms with Crippen LogP contribution >= 0.6 is 0 Å². The summed E-state index contributed by atoms with van der Waals surface area (Å²) in [5.74, 6) is 1.96. The fraction of sp³-hybridized carbons (Fsp3) is 0.370. The fourth-order valence-corrected chi connectivity index (χ4v) is 6.88. The number of imidazole rings is 1. The lowest BCUT2D eigenvalue weighted by atomic mass is 9.74. The van der Waals surface area contributed by atoms with Crippen molar-refractivity contribution in [2.24, 2.45) is 5.92 Å². The standard InChI is InChI=1S/C27H27N7/c1-18(19-6-3-2-4-7-19)31-25-29-13-11-24(32-25)33-17-30-22-10-9-20(14-23(22)33)27-15-21-8-5-12-26(21,16-27)34(27)28/h2-4,6-7,9-11,13-14,17-18,21H,5,8,12,15-16H2,1H3,(H,29,31,32)/t18-,21?,26?,27?/m0/s1. The first kappa shape index (κ1) is 19.8. The number of aromatic nitrogens is 4. The van der Waals surface area contributed by atoms with Crippen LogP contribution in [0.2, 0.25) is 0 Å². The van der Waals surface area contributed by atoms with Crippen LogP contribution in [0.25, 0.3) is 22.4 Å². The minimum absolute atomic E-state index is 0.0257. The van der Waals surface area contributed by atoms with E-state index in [0.717, 1.165) is 36.1 Å². The van der Waals surface area contributed by atoms with E-state index in [0.29, 0.717) is 11.9 Å². The molecule has 7 nitrogen and oxygen atoms in total. The zero-order valence-electron chi connectivity index (χ0n) is 19.2. The highest BCUT2D eigenvalue weighted by molar-refractivity contribution is 5.78. The van der Waals surface area contributed by atoms with Gasteiger partial charge in [-0.05, 0) is 49.6 Å². The molecule has 4 aliphatic rings. The summed E-state index contributed by atoms with van der Waals surface area (Å²) in [6, 6.07) is 18.7. The largest absolute Gasteiger partial charge is 0.505 e. The second-order valence-corrected chi connectivity index (χ2v) is 10.3. The third kappa shape index (κ3) is 2.61. The SMILES string of the molecule is C[C@H](Nc1nccc(-n2cnc3ccc(C45CC6CCCC6(C4)[N+]5=[N-])cc32)n1)c1ccccc1. The van der Waals surface area contributed by atoms with Gasteiger partial charge in [-0.15, -0.1) is 0 Å². The monoisotopic (exact) mass is 449 g/mol. The van der Waals surface area contributed by atoms with Gasteiger partial charge in [0.1, 0.15) is 12.1 Å². The maximum atomic E-state index is 11.1. The summed E-state index contributed by atoms with van der Waals surface area (Å²) in [6.45, 7) is 2.10. The predicted molar refractivity (Wildman–Crippen MR) is 130 cm³/mol. The number of nitrogens with one attached hydrogen (secondary N) is 1. The van der Waals surface area contributed by atoms with Gasteiger partial charge in [0, 0.05) is 30.5 Å². The summed E-state index contributed by atoms with van der Waals surface area (Å²) < 4.78 is 3.72. The van der Waals surface area contributed by atoms with Crippen LogP contribution in [-0.4, -0.2) is 29.8 Å². The van der Waals surface area contributed by atoms with E-state index < -0.39 is 0 Å². The molecule has 2 saturated carbocycles. The van der Waals surface area contributed by atoms with Crippen LogP contribution < -0.4 is 5.32 Å².